The summed E-state index contributed by atoms with van der Waals surface area (Å²) < 4.78 is 4.99. The molecule has 1 unspecified atom stereocenters. The van der Waals surface area contributed by atoms with Gasteiger partial charge in [0.1, 0.15) is 0 Å². The van der Waals surface area contributed by atoms with Gasteiger partial charge in [0.25, 0.3) is 0 Å². The number of aromatic nitrogens is 1. The monoisotopic (exact) mass is 312 g/mol. The molecule has 1 heterocycles. The van der Waals surface area contributed by atoms with Gasteiger partial charge >= 0.3 is 5.97 Å². The standard InChI is InChI=1S/C19H24N2O2/c1-14-10-11-16(20-12-14)13-21-17(15-8-6-5-7-9-15)19(2,3)18(22)23-4/h5-12,17,21H,13H2,1-4H3. The number of hydrogen-bond donors (Lipinski definition) is 1. The van der Waals surface area contributed by atoms with Crippen LogP contribution in [0.25, 0.3) is 0 Å². The Labute approximate surface area is 137 Å². The number of hydrogen-bond acceptors (Lipinski definition) is 4. The summed E-state index contributed by atoms with van der Waals surface area (Å²) in [7, 11) is 1.42. The van der Waals surface area contributed by atoms with Crippen LogP contribution in [0.1, 0.15) is 36.7 Å². The lowest BCUT2D eigenvalue weighted by atomic mass is 9.80. The third-order valence-electron chi connectivity index (χ3n) is 4.03. The number of aryl methyl sites for hydroxylation is 1. The van der Waals surface area contributed by atoms with Crippen molar-refractivity contribution < 1.29 is 9.53 Å². The summed E-state index contributed by atoms with van der Waals surface area (Å²) in [5, 5.41) is 3.46. The van der Waals surface area contributed by atoms with E-state index in [1.807, 2.05) is 69.4 Å². The van der Waals surface area contributed by atoms with Gasteiger partial charge in [0.2, 0.25) is 0 Å². The molecule has 2 aromatic rings. The minimum absolute atomic E-state index is 0.167. The molecule has 122 valence electrons. The van der Waals surface area contributed by atoms with Crippen molar-refractivity contribution in [2.75, 3.05) is 7.11 Å². The molecule has 1 N–H and O–H groups in total. The summed E-state index contributed by atoms with van der Waals surface area (Å²) in [6.07, 6.45) is 1.85. The summed E-state index contributed by atoms with van der Waals surface area (Å²) in [6, 6.07) is 13.8. The van der Waals surface area contributed by atoms with Gasteiger partial charge < -0.3 is 10.1 Å². The maximum Gasteiger partial charge on any atom is 0.313 e. The molecule has 0 bridgehead atoms. The summed E-state index contributed by atoms with van der Waals surface area (Å²) in [4.78, 5) is 16.6. The number of rotatable bonds is 6. The van der Waals surface area contributed by atoms with Crippen LogP contribution in [0, 0.1) is 12.3 Å². The molecule has 1 aromatic carbocycles. The number of benzene rings is 1. The molecule has 0 fully saturated rings. The van der Waals surface area contributed by atoms with Gasteiger partial charge in [-0.05, 0) is 38.0 Å². The number of nitrogens with zero attached hydrogens (tertiary/aromatic N) is 1. The maximum absolute atomic E-state index is 12.2. The van der Waals surface area contributed by atoms with Crippen molar-refractivity contribution in [2.24, 2.45) is 5.41 Å². The third kappa shape index (κ3) is 4.17. The van der Waals surface area contributed by atoms with Crippen molar-refractivity contribution in [3.05, 3.63) is 65.5 Å². The molecular formula is C19H24N2O2. The van der Waals surface area contributed by atoms with Gasteiger partial charge in [-0.15, -0.1) is 0 Å². The van der Waals surface area contributed by atoms with Crippen molar-refractivity contribution in [1.82, 2.24) is 10.3 Å². The minimum Gasteiger partial charge on any atom is -0.469 e. The van der Waals surface area contributed by atoms with Gasteiger partial charge in [-0.1, -0.05) is 36.4 Å². The quantitative estimate of drug-likeness (QED) is 0.830. The highest BCUT2D eigenvalue weighted by Crippen LogP contribution is 2.34. The summed E-state index contributed by atoms with van der Waals surface area (Å²) in [6.45, 7) is 6.38. The van der Waals surface area contributed by atoms with Gasteiger partial charge in [-0.25, -0.2) is 0 Å². The molecule has 0 radical (unpaired) electrons. The van der Waals surface area contributed by atoms with Crippen molar-refractivity contribution in [2.45, 2.75) is 33.4 Å². The normalized spacial score (nSPS) is 12.7. The van der Waals surface area contributed by atoms with Crippen molar-refractivity contribution >= 4 is 5.97 Å². The van der Waals surface area contributed by atoms with Crippen LogP contribution in [0.15, 0.2) is 48.7 Å². The highest BCUT2D eigenvalue weighted by Gasteiger charge is 2.38. The number of carbonyl (C=O) groups excluding carboxylic acids is 1. The fourth-order valence-corrected chi connectivity index (χ4v) is 2.63. The van der Waals surface area contributed by atoms with Crippen LogP contribution >= 0.6 is 0 Å². The molecule has 0 spiro atoms. The van der Waals surface area contributed by atoms with E-state index >= 15 is 0 Å². The molecule has 0 amide bonds. The number of carbonyl (C=O) groups is 1. The van der Waals surface area contributed by atoms with E-state index in [1.165, 1.54) is 7.11 Å². The van der Waals surface area contributed by atoms with Crippen molar-refractivity contribution in [3.8, 4) is 0 Å². The van der Waals surface area contributed by atoms with Crippen LogP contribution in [0.5, 0.6) is 0 Å². The third-order valence-corrected chi connectivity index (χ3v) is 4.03. The van der Waals surface area contributed by atoms with E-state index in [-0.39, 0.29) is 12.0 Å². The molecule has 0 aliphatic carbocycles. The Bertz CT molecular complexity index is 636. The Morgan fingerprint density at radius 2 is 1.91 bits per heavy atom. The average Bonchev–Trinajstić information content (AvgIpc) is 2.56. The van der Waals surface area contributed by atoms with Crippen LogP contribution in [0.3, 0.4) is 0 Å². The zero-order chi connectivity index (χ0) is 16.9. The Kier molecular flexibility index (Phi) is 5.50. The molecule has 0 aliphatic heterocycles. The van der Waals surface area contributed by atoms with Gasteiger partial charge in [-0.2, -0.15) is 0 Å². The lowest BCUT2D eigenvalue weighted by Crippen LogP contribution is -2.40. The highest BCUT2D eigenvalue weighted by atomic mass is 16.5. The molecule has 4 nitrogen and oxygen atoms in total. The van der Waals surface area contributed by atoms with Crippen LogP contribution in [0.4, 0.5) is 0 Å². The van der Waals surface area contributed by atoms with E-state index in [1.54, 1.807) is 0 Å². The van der Waals surface area contributed by atoms with Crippen LogP contribution in [0.2, 0.25) is 0 Å². The largest absolute Gasteiger partial charge is 0.469 e. The average molecular weight is 312 g/mol. The molecule has 0 aliphatic rings. The smallest absolute Gasteiger partial charge is 0.313 e. The van der Waals surface area contributed by atoms with Crippen LogP contribution < -0.4 is 5.32 Å². The second kappa shape index (κ2) is 7.38. The fourth-order valence-electron chi connectivity index (χ4n) is 2.63. The van der Waals surface area contributed by atoms with Gasteiger partial charge in [0.05, 0.1) is 18.2 Å². The molecule has 0 saturated heterocycles. The second-order valence-corrected chi connectivity index (χ2v) is 6.26. The van der Waals surface area contributed by atoms with E-state index < -0.39 is 5.41 Å². The molecule has 1 aromatic heterocycles. The lowest BCUT2D eigenvalue weighted by molar-refractivity contribution is -0.152. The number of ether oxygens (including phenoxy) is 1. The Hall–Kier alpha value is -2.20. The molecule has 0 saturated carbocycles. The first-order chi connectivity index (χ1) is 10.9. The van der Waals surface area contributed by atoms with E-state index in [4.69, 9.17) is 4.74 Å². The predicted octanol–water partition coefficient (Wildman–Crippen LogP) is 3.42. The Balaban J connectivity index is 2.23. The summed E-state index contributed by atoms with van der Waals surface area (Å²) >= 11 is 0. The SMILES string of the molecule is COC(=O)C(C)(C)C(NCc1ccc(C)cn1)c1ccccc1. The van der Waals surface area contributed by atoms with E-state index in [2.05, 4.69) is 10.3 Å². The first-order valence-corrected chi connectivity index (χ1v) is 7.73. The first kappa shape index (κ1) is 17.2. The van der Waals surface area contributed by atoms with E-state index in [9.17, 15) is 4.79 Å². The molecule has 4 heteroatoms. The zero-order valence-corrected chi connectivity index (χ0v) is 14.2. The van der Waals surface area contributed by atoms with Gasteiger partial charge in [-0.3, -0.25) is 9.78 Å². The molecular weight excluding hydrogens is 288 g/mol. The Morgan fingerprint density at radius 1 is 1.22 bits per heavy atom. The van der Waals surface area contributed by atoms with E-state index in [0.29, 0.717) is 6.54 Å². The van der Waals surface area contributed by atoms with Crippen molar-refractivity contribution in [3.63, 3.8) is 0 Å². The van der Waals surface area contributed by atoms with Crippen LogP contribution in [-0.2, 0) is 16.1 Å². The maximum atomic E-state index is 12.2. The summed E-state index contributed by atoms with van der Waals surface area (Å²) in [5.74, 6) is -0.240. The zero-order valence-electron chi connectivity index (χ0n) is 14.2. The first-order valence-electron chi connectivity index (χ1n) is 7.73. The van der Waals surface area contributed by atoms with Gasteiger partial charge in [0.15, 0.2) is 0 Å². The molecule has 2 rings (SSSR count). The number of methoxy groups -OCH3 is 1. The number of pyridine rings is 1. The van der Waals surface area contributed by atoms with Crippen LogP contribution in [-0.4, -0.2) is 18.1 Å². The highest BCUT2D eigenvalue weighted by molar-refractivity contribution is 5.77. The predicted molar refractivity (Wildman–Crippen MR) is 90.8 cm³/mol. The Morgan fingerprint density at radius 3 is 2.48 bits per heavy atom. The fraction of sp³-hybridized carbons (Fsp3) is 0.368. The number of esters is 1. The van der Waals surface area contributed by atoms with E-state index in [0.717, 1.165) is 16.8 Å². The van der Waals surface area contributed by atoms with Crippen molar-refractivity contribution in [1.29, 1.82) is 0 Å². The molecule has 1 atom stereocenters. The second-order valence-electron chi connectivity index (χ2n) is 6.26. The minimum atomic E-state index is -0.694. The topological polar surface area (TPSA) is 51.2 Å². The molecule has 23 heavy (non-hydrogen) atoms. The summed E-state index contributed by atoms with van der Waals surface area (Å²) in [5.41, 5.74) is 2.43. The number of nitrogens with one attached hydrogen (secondary N) is 1. The lowest BCUT2D eigenvalue weighted by Gasteiger charge is -2.33. The van der Waals surface area contributed by atoms with Gasteiger partial charge in [0, 0.05) is 18.8 Å².